The number of carbonyl (C=O) groups is 1. The van der Waals surface area contributed by atoms with Crippen LogP contribution in [-0.2, 0) is 11.3 Å². The van der Waals surface area contributed by atoms with Crippen molar-refractivity contribution in [2.45, 2.75) is 32.2 Å². The van der Waals surface area contributed by atoms with Gasteiger partial charge in [0.15, 0.2) is 0 Å². The van der Waals surface area contributed by atoms with E-state index in [0.29, 0.717) is 5.69 Å². The lowest BCUT2D eigenvalue weighted by atomic mass is 10.1. The zero-order chi connectivity index (χ0) is 16.9. The van der Waals surface area contributed by atoms with Crippen LogP contribution in [0.1, 0.15) is 25.7 Å². The van der Waals surface area contributed by atoms with Crippen molar-refractivity contribution < 1.29 is 4.79 Å². The highest BCUT2D eigenvalue weighted by Crippen LogP contribution is 2.18. The minimum Gasteiger partial charge on any atom is -0.341 e. The molecule has 0 aliphatic carbocycles. The molecule has 1 fully saturated rings. The first-order chi connectivity index (χ1) is 11.6. The normalized spacial score (nSPS) is 15.1. The van der Waals surface area contributed by atoms with Crippen molar-refractivity contribution >= 4 is 21.8 Å². The summed E-state index contributed by atoms with van der Waals surface area (Å²) in [6.45, 7) is 1.56. The van der Waals surface area contributed by atoms with Crippen LogP contribution in [0.15, 0.2) is 45.7 Å². The molecule has 5 nitrogen and oxygen atoms in total. The fourth-order valence-corrected chi connectivity index (χ4v) is 3.15. The molecule has 1 aromatic carbocycles. The fourth-order valence-electron chi connectivity index (χ4n) is 2.89. The molecule has 2 heterocycles. The van der Waals surface area contributed by atoms with Gasteiger partial charge in [0.2, 0.25) is 5.91 Å². The van der Waals surface area contributed by atoms with Crippen LogP contribution in [-0.4, -0.2) is 33.7 Å². The van der Waals surface area contributed by atoms with Crippen molar-refractivity contribution in [1.82, 2.24) is 14.7 Å². The SMILES string of the molecule is O=C(Cn1nc(-c2ccc(Br)cc2)ccc1=O)N1CCCCCC1. The van der Waals surface area contributed by atoms with Gasteiger partial charge in [-0.1, -0.05) is 40.9 Å². The number of nitrogens with zero attached hydrogens (tertiary/aromatic N) is 3. The van der Waals surface area contributed by atoms with Crippen LogP contribution >= 0.6 is 15.9 Å². The van der Waals surface area contributed by atoms with Crippen LogP contribution in [0.5, 0.6) is 0 Å². The summed E-state index contributed by atoms with van der Waals surface area (Å²) in [5, 5.41) is 4.37. The second-order valence-corrected chi connectivity index (χ2v) is 6.93. The molecule has 6 heteroatoms. The van der Waals surface area contributed by atoms with Gasteiger partial charge in [-0.2, -0.15) is 5.10 Å². The molecule has 1 aromatic heterocycles. The monoisotopic (exact) mass is 389 g/mol. The molecule has 1 aliphatic heterocycles. The second kappa shape index (κ2) is 7.75. The third-order valence-corrected chi connectivity index (χ3v) is 4.78. The standard InChI is InChI=1S/C18H20BrN3O2/c19-15-7-5-14(6-8-15)16-9-10-17(23)22(20-16)13-18(24)21-11-3-1-2-4-12-21/h5-10H,1-4,11-13H2. The number of carbonyl (C=O) groups excluding carboxylic acids is 1. The van der Waals surface area contributed by atoms with Gasteiger partial charge in [0.25, 0.3) is 5.56 Å². The maximum atomic E-state index is 12.5. The van der Waals surface area contributed by atoms with Crippen molar-refractivity contribution in [2.24, 2.45) is 0 Å². The van der Waals surface area contributed by atoms with Crippen molar-refractivity contribution in [3.8, 4) is 11.3 Å². The van der Waals surface area contributed by atoms with Gasteiger partial charge in [-0.3, -0.25) is 9.59 Å². The summed E-state index contributed by atoms with van der Waals surface area (Å²) in [5.41, 5.74) is 1.35. The summed E-state index contributed by atoms with van der Waals surface area (Å²) in [6.07, 6.45) is 4.40. The minimum absolute atomic E-state index is 0.00318. The summed E-state index contributed by atoms with van der Waals surface area (Å²) < 4.78 is 2.25. The number of hydrogen-bond acceptors (Lipinski definition) is 3. The van der Waals surface area contributed by atoms with E-state index in [1.165, 1.54) is 23.6 Å². The highest BCUT2D eigenvalue weighted by Gasteiger charge is 2.17. The number of benzene rings is 1. The van der Waals surface area contributed by atoms with Gasteiger partial charge in [0, 0.05) is 29.2 Å². The van der Waals surface area contributed by atoms with E-state index in [1.807, 2.05) is 29.2 Å². The third-order valence-electron chi connectivity index (χ3n) is 4.25. The maximum Gasteiger partial charge on any atom is 0.267 e. The average molecular weight is 390 g/mol. The van der Waals surface area contributed by atoms with Crippen LogP contribution in [0.3, 0.4) is 0 Å². The first kappa shape index (κ1) is 16.9. The number of amides is 1. The fraction of sp³-hybridized carbons (Fsp3) is 0.389. The zero-order valence-corrected chi connectivity index (χ0v) is 15.0. The van der Waals surface area contributed by atoms with Crippen molar-refractivity contribution in [3.63, 3.8) is 0 Å². The van der Waals surface area contributed by atoms with Crippen LogP contribution < -0.4 is 5.56 Å². The van der Waals surface area contributed by atoms with E-state index in [0.717, 1.165) is 36.0 Å². The van der Waals surface area contributed by atoms with Gasteiger partial charge in [-0.25, -0.2) is 4.68 Å². The summed E-state index contributed by atoms with van der Waals surface area (Å²) in [6, 6.07) is 10.9. The van der Waals surface area contributed by atoms with Crippen LogP contribution in [0.2, 0.25) is 0 Å². The molecular weight excluding hydrogens is 370 g/mol. The smallest absolute Gasteiger partial charge is 0.267 e. The Bertz CT molecular complexity index is 763. The first-order valence-corrected chi connectivity index (χ1v) is 9.05. The molecule has 0 N–H and O–H groups in total. The van der Waals surface area contributed by atoms with Crippen LogP contribution in [0.25, 0.3) is 11.3 Å². The molecule has 0 saturated carbocycles. The molecule has 24 heavy (non-hydrogen) atoms. The molecule has 0 unspecified atom stereocenters. The number of hydrogen-bond donors (Lipinski definition) is 0. The lowest BCUT2D eigenvalue weighted by molar-refractivity contribution is -0.132. The Kier molecular flexibility index (Phi) is 5.45. The molecule has 1 saturated heterocycles. The Morgan fingerprint density at radius 3 is 2.33 bits per heavy atom. The first-order valence-electron chi connectivity index (χ1n) is 8.25. The van der Waals surface area contributed by atoms with E-state index >= 15 is 0 Å². The van der Waals surface area contributed by atoms with Crippen LogP contribution in [0, 0.1) is 0 Å². The molecule has 126 valence electrons. The maximum absolute atomic E-state index is 12.5. The van der Waals surface area contributed by atoms with Gasteiger partial charge in [0.1, 0.15) is 6.54 Å². The largest absolute Gasteiger partial charge is 0.341 e. The third kappa shape index (κ3) is 4.12. The van der Waals surface area contributed by atoms with E-state index in [1.54, 1.807) is 6.07 Å². The molecule has 0 spiro atoms. The Morgan fingerprint density at radius 2 is 1.67 bits per heavy atom. The lowest BCUT2D eigenvalue weighted by Gasteiger charge is -2.20. The lowest BCUT2D eigenvalue weighted by Crippen LogP contribution is -2.37. The van der Waals surface area contributed by atoms with Crippen molar-refractivity contribution in [3.05, 3.63) is 51.2 Å². The van der Waals surface area contributed by atoms with E-state index in [9.17, 15) is 9.59 Å². The summed E-state index contributed by atoms with van der Waals surface area (Å²) >= 11 is 3.40. The molecule has 0 atom stereocenters. The summed E-state index contributed by atoms with van der Waals surface area (Å²) in [5.74, 6) is -0.0283. The molecule has 0 bridgehead atoms. The molecular formula is C18H20BrN3O2. The van der Waals surface area contributed by atoms with Gasteiger partial charge >= 0.3 is 0 Å². The van der Waals surface area contributed by atoms with E-state index in [4.69, 9.17) is 0 Å². The predicted octanol–water partition coefficient (Wildman–Crippen LogP) is 3.08. The number of halogens is 1. The molecule has 0 radical (unpaired) electrons. The second-order valence-electron chi connectivity index (χ2n) is 6.02. The van der Waals surface area contributed by atoms with Crippen LogP contribution in [0.4, 0.5) is 0 Å². The zero-order valence-electron chi connectivity index (χ0n) is 13.4. The molecule has 3 rings (SSSR count). The van der Waals surface area contributed by atoms with Gasteiger partial charge < -0.3 is 4.90 Å². The highest BCUT2D eigenvalue weighted by atomic mass is 79.9. The number of rotatable bonds is 3. The quantitative estimate of drug-likeness (QED) is 0.810. The Hall–Kier alpha value is -1.95. The van der Waals surface area contributed by atoms with E-state index in [2.05, 4.69) is 21.0 Å². The Labute approximate surface area is 149 Å². The van der Waals surface area contributed by atoms with E-state index < -0.39 is 0 Å². The number of likely N-dealkylation sites (tertiary alicyclic amines) is 1. The van der Waals surface area contributed by atoms with Gasteiger partial charge in [0.05, 0.1) is 5.69 Å². The highest BCUT2D eigenvalue weighted by molar-refractivity contribution is 9.10. The van der Waals surface area contributed by atoms with Gasteiger partial charge in [-0.15, -0.1) is 0 Å². The van der Waals surface area contributed by atoms with E-state index in [-0.39, 0.29) is 18.0 Å². The number of aromatic nitrogens is 2. The average Bonchev–Trinajstić information content (AvgIpc) is 2.87. The molecule has 2 aromatic rings. The Morgan fingerprint density at radius 1 is 1.00 bits per heavy atom. The minimum atomic E-state index is -0.251. The topological polar surface area (TPSA) is 55.2 Å². The van der Waals surface area contributed by atoms with Crippen molar-refractivity contribution in [2.75, 3.05) is 13.1 Å². The Balaban J connectivity index is 1.80. The molecule has 1 aliphatic rings. The summed E-state index contributed by atoms with van der Waals surface area (Å²) in [7, 11) is 0. The summed E-state index contributed by atoms with van der Waals surface area (Å²) in [4.78, 5) is 26.4. The molecule has 1 amide bonds. The predicted molar refractivity (Wildman–Crippen MR) is 96.7 cm³/mol. The van der Waals surface area contributed by atoms with Crippen molar-refractivity contribution in [1.29, 1.82) is 0 Å². The van der Waals surface area contributed by atoms with Gasteiger partial charge in [-0.05, 0) is 31.0 Å².